The van der Waals surface area contributed by atoms with Crippen LogP contribution >= 0.6 is 10.8 Å². The van der Waals surface area contributed by atoms with Crippen LogP contribution in [0.3, 0.4) is 0 Å². The number of hydrogen-bond donors (Lipinski definition) is 0. The number of fused-ring (bicyclic) bond motifs is 1. The quantitative estimate of drug-likeness (QED) is 0.629. The molecule has 0 N–H and O–H groups in total. The molecule has 0 radical (unpaired) electrons. The topological polar surface area (TPSA) is 90.8 Å². The Morgan fingerprint density at radius 1 is 1.29 bits per heavy atom. The fourth-order valence-electron chi connectivity index (χ4n) is 0.872. The van der Waals surface area contributed by atoms with Crippen molar-refractivity contribution in [2.24, 2.45) is 4.36 Å². The lowest BCUT2D eigenvalue weighted by Gasteiger charge is -2.10. The van der Waals surface area contributed by atoms with Crippen LogP contribution < -0.4 is 14.0 Å². The molecule has 1 aromatic rings. The molecule has 5 nitrogen and oxygen atoms in total. The highest BCUT2D eigenvalue weighted by molar-refractivity contribution is 8.68. The van der Waals surface area contributed by atoms with Crippen molar-refractivity contribution in [3.8, 4) is 0 Å². The summed E-state index contributed by atoms with van der Waals surface area (Å²) in [5.41, 5.74) is 0.652. The van der Waals surface area contributed by atoms with E-state index < -0.39 is 20.2 Å². The summed E-state index contributed by atoms with van der Waals surface area (Å²) < 4.78 is 38.9. The molecule has 0 saturated carbocycles. The van der Waals surface area contributed by atoms with Gasteiger partial charge in [-0.3, -0.25) is 0 Å². The molecule has 0 spiro atoms. The largest absolute Gasteiger partial charge is 0.268 e. The fourth-order valence-corrected chi connectivity index (χ4v) is 4.55. The summed E-state index contributed by atoms with van der Waals surface area (Å²) in [6.07, 6.45) is 0. The zero-order chi connectivity index (χ0) is 10.2. The van der Waals surface area contributed by atoms with Gasteiger partial charge in [0.2, 0.25) is 0 Å². The lowest BCUT2D eigenvalue weighted by molar-refractivity contribution is -1.91. The van der Waals surface area contributed by atoms with E-state index in [1.54, 1.807) is 24.3 Å². The van der Waals surface area contributed by atoms with Gasteiger partial charge in [0.15, 0.2) is 3.74 Å². The van der Waals surface area contributed by atoms with E-state index in [0.717, 1.165) is 15.7 Å². The molecular formula is C6H4ClNO4S2. The van der Waals surface area contributed by atoms with Crippen LogP contribution in [0.1, 0.15) is 0 Å². The minimum Gasteiger partial charge on any atom is -0.182 e. The van der Waals surface area contributed by atoms with Crippen LogP contribution in [0.5, 0.6) is 0 Å². The van der Waals surface area contributed by atoms with Crippen LogP contribution in [0.4, 0.5) is 5.69 Å². The van der Waals surface area contributed by atoms with E-state index in [9.17, 15) is 14.0 Å². The summed E-state index contributed by atoms with van der Waals surface area (Å²) >= 11 is 0. The van der Waals surface area contributed by atoms with E-state index in [1.807, 2.05) is 0 Å². The molecule has 1 unspecified atom stereocenters. The fraction of sp³-hybridized carbons (Fsp3) is 0. The number of rotatable bonds is 2. The molecule has 0 saturated heterocycles. The van der Waals surface area contributed by atoms with Crippen molar-refractivity contribution >= 4 is 26.5 Å². The maximum Gasteiger partial charge on any atom is 0.268 e. The molecule has 0 amide bonds. The molecule has 1 heterocycles. The first-order valence-electron chi connectivity index (χ1n) is 3.39. The van der Waals surface area contributed by atoms with E-state index in [4.69, 9.17) is 0 Å². The van der Waals surface area contributed by atoms with Crippen LogP contribution in [-0.2, 0) is 13.7 Å². The van der Waals surface area contributed by atoms with Gasteiger partial charge < -0.3 is 0 Å². The van der Waals surface area contributed by atoms with E-state index in [-0.39, 0.29) is 0 Å². The molecule has 1 aliphatic rings. The van der Waals surface area contributed by atoms with Crippen molar-refractivity contribution < 1.29 is 28.0 Å². The minimum absolute atomic E-state index is 0.652. The molecule has 1 aromatic carbocycles. The zero-order valence-electron chi connectivity index (χ0n) is 6.58. The number of nitrogens with zero attached hydrogens (tertiary/aromatic N) is 1. The Morgan fingerprint density at radius 3 is 2.64 bits per heavy atom. The van der Waals surface area contributed by atoms with Gasteiger partial charge in [0.25, 0.3) is 10.0 Å². The first-order chi connectivity index (χ1) is 6.54. The Hall–Kier alpha value is -0.150. The van der Waals surface area contributed by atoms with E-state index in [2.05, 4.69) is 8.10 Å². The van der Waals surface area contributed by atoms with Gasteiger partial charge in [-0.1, -0.05) is 12.1 Å². The lowest BCUT2D eigenvalue weighted by Crippen LogP contribution is -2.60. The normalized spacial score (nSPS) is 20.4. The van der Waals surface area contributed by atoms with Gasteiger partial charge in [0.05, 0.1) is 15.9 Å². The average Bonchev–Trinajstić information content (AvgIpc) is 2.42. The predicted octanol–water partition coefficient (Wildman–Crippen LogP) is -1.03. The highest BCUT2D eigenvalue weighted by Gasteiger charge is 2.29. The smallest absolute Gasteiger partial charge is 0.182 e. The van der Waals surface area contributed by atoms with Gasteiger partial charge in [0.1, 0.15) is 0 Å². The van der Waals surface area contributed by atoms with Crippen molar-refractivity contribution in [2.75, 3.05) is 0 Å². The second-order valence-corrected chi connectivity index (χ2v) is 6.14. The molecule has 2 rings (SSSR count). The van der Waals surface area contributed by atoms with E-state index in [0.29, 0.717) is 5.69 Å². The van der Waals surface area contributed by atoms with Crippen LogP contribution in [0.25, 0.3) is 0 Å². The van der Waals surface area contributed by atoms with Crippen LogP contribution in [0, 0.1) is 10.2 Å². The van der Waals surface area contributed by atoms with Crippen molar-refractivity contribution in [1.82, 2.24) is 0 Å². The monoisotopic (exact) mass is 253 g/mol. The number of halogens is 1. The van der Waals surface area contributed by atoms with Gasteiger partial charge in [-0.2, -0.15) is 18.3 Å². The molecular weight excluding hydrogens is 250 g/mol. The zero-order valence-corrected chi connectivity index (χ0v) is 8.97. The molecule has 0 bridgehead atoms. The highest BCUT2D eigenvalue weighted by Crippen LogP contribution is 2.41. The average molecular weight is 254 g/mol. The first-order valence-corrected chi connectivity index (χ1v) is 7.06. The molecule has 76 valence electrons. The van der Waals surface area contributed by atoms with Crippen LogP contribution in [0.15, 0.2) is 33.5 Å². The Bertz CT molecular complexity index is 392. The first kappa shape index (κ1) is 10.4. The maximum absolute atomic E-state index is 10.3. The summed E-state index contributed by atoms with van der Waals surface area (Å²) in [4.78, 5) is 0.815. The van der Waals surface area contributed by atoms with Crippen LogP contribution in [0.2, 0.25) is 0 Å². The standard InChI is InChI=1S/C6H4ClNO4S2/c9-7(10,11)12-14-8-5-3-1-2-4-6(5)13-14/h1-4H. The summed E-state index contributed by atoms with van der Waals surface area (Å²) in [6, 6.07) is 7.10. The number of hydrogen-bond acceptors (Lipinski definition) is 6. The third kappa shape index (κ3) is 2.45. The van der Waals surface area contributed by atoms with Crippen molar-refractivity contribution in [3.63, 3.8) is 0 Å². The molecule has 14 heavy (non-hydrogen) atoms. The second-order valence-electron chi connectivity index (χ2n) is 2.30. The van der Waals surface area contributed by atoms with Crippen molar-refractivity contribution in [3.05, 3.63) is 24.3 Å². The lowest BCUT2D eigenvalue weighted by atomic mass is 10.3. The Labute approximate surface area is 88.1 Å². The van der Waals surface area contributed by atoms with Gasteiger partial charge in [-0.25, -0.2) is 0 Å². The minimum atomic E-state index is -4.41. The molecule has 0 fully saturated rings. The summed E-state index contributed by atoms with van der Waals surface area (Å²) in [5.74, 6) is 0. The Kier molecular flexibility index (Phi) is 2.80. The molecule has 1 atom stereocenters. The third-order valence-corrected chi connectivity index (χ3v) is 5.04. The second kappa shape index (κ2) is 3.78. The molecule has 1 aliphatic heterocycles. The maximum atomic E-state index is 10.3. The Balaban J connectivity index is 2.16. The van der Waals surface area contributed by atoms with Gasteiger partial charge in [0, 0.05) is 15.7 Å². The van der Waals surface area contributed by atoms with Crippen molar-refractivity contribution in [1.29, 1.82) is 0 Å². The van der Waals surface area contributed by atoms with Crippen molar-refractivity contribution in [2.45, 2.75) is 4.90 Å². The summed E-state index contributed by atoms with van der Waals surface area (Å²) in [5, 5.41) is 0. The van der Waals surface area contributed by atoms with Crippen LogP contribution in [-0.4, -0.2) is 0 Å². The molecule has 0 aromatic heterocycles. The van der Waals surface area contributed by atoms with E-state index >= 15 is 0 Å². The van der Waals surface area contributed by atoms with Gasteiger partial charge >= 0.3 is 0 Å². The van der Waals surface area contributed by atoms with E-state index in [1.165, 1.54) is 0 Å². The van der Waals surface area contributed by atoms with Gasteiger partial charge in [-0.15, -0.1) is 0 Å². The predicted molar refractivity (Wildman–Crippen MR) is 42.8 cm³/mol. The Morgan fingerprint density at radius 2 is 2.00 bits per heavy atom. The SMILES string of the molecule is [O-][Cl+3]([O-])([O-])OS1=Nc2ccccc2S1. The van der Waals surface area contributed by atoms with Gasteiger partial charge in [-0.05, 0) is 12.1 Å². The number of benzene rings is 1. The third-order valence-electron chi connectivity index (χ3n) is 1.33. The molecule has 0 aliphatic carbocycles. The summed E-state index contributed by atoms with van der Waals surface area (Å²) in [7, 11) is -4.56. The summed E-state index contributed by atoms with van der Waals surface area (Å²) in [6.45, 7) is 0. The highest BCUT2D eigenvalue weighted by atomic mass is 35.7. The molecule has 8 heteroatoms.